The molecule has 4 amide bonds. The summed E-state index contributed by atoms with van der Waals surface area (Å²) in [5.41, 5.74) is 1.14. The number of piperidine rings is 1. The fraction of sp³-hybridized carbons (Fsp3) is 0.391. The molecule has 0 spiro atoms. The number of likely N-dealkylation sites (tertiary alicyclic amines) is 1. The minimum Gasteiger partial charge on any atom is -0.323 e. The lowest BCUT2D eigenvalue weighted by Gasteiger charge is -2.26. The van der Waals surface area contributed by atoms with Crippen molar-refractivity contribution in [3.63, 3.8) is 0 Å². The third-order valence-electron chi connectivity index (χ3n) is 5.78. The minimum absolute atomic E-state index is 0.0721. The van der Waals surface area contributed by atoms with Crippen LogP contribution in [0.4, 0.5) is 22.0 Å². The number of pyridine rings is 1. The van der Waals surface area contributed by atoms with Crippen molar-refractivity contribution in [2.75, 3.05) is 28.6 Å². The second kappa shape index (κ2) is 9.56. The molecule has 32 heavy (non-hydrogen) atoms. The SMILES string of the molecule is C[C@@H]1C[C@H](C(=O)Nc2ccc(N3CCCCC3=O)nc2)N(C(=O)Nc2ccc(Cl)cc2)C1. The summed E-state index contributed by atoms with van der Waals surface area (Å²) in [6.07, 6.45) is 4.53. The molecule has 168 valence electrons. The Hall–Kier alpha value is -3.13. The first kappa shape index (κ1) is 22.1. The molecule has 2 atom stereocenters. The van der Waals surface area contributed by atoms with Gasteiger partial charge >= 0.3 is 6.03 Å². The van der Waals surface area contributed by atoms with Crippen LogP contribution in [0.2, 0.25) is 5.02 Å². The quantitative estimate of drug-likeness (QED) is 0.724. The molecule has 2 aliphatic heterocycles. The van der Waals surface area contributed by atoms with Gasteiger partial charge < -0.3 is 15.5 Å². The van der Waals surface area contributed by atoms with E-state index in [1.165, 1.54) is 0 Å². The van der Waals surface area contributed by atoms with E-state index >= 15 is 0 Å². The van der Waals surface area contributed by atoms with Crippen molar-refractivity contribution < 1.29 is 14.4 Å². The average molecular weight is 456 g/mol. The van der Waals surface area contributed by atoms with Crippen molar-refractivity contribution in [2.24, 2.45) is 5.92 Å². The number of hydrogen-bond acceptors (Lipinski definition) is 4. The van der Waals surface area contributed by atoms with Gasteiger partial charge in [-0.25, -0.2) is 9.78 Å². The summed E-state index contributed by atoms with van der Waals surface area (Å²) >= 11 is 5.90. The van der Waals surface area contributed by atoms with Crippen LogP contribution in [-0.2, 0) is 9.59 Å². The average Bonchev–Trinajstić information content (AvgIpc) is 3.18. The van der Waals surface area contributed by atoms with Gasteiger partial charge in [-0.05, 0) is 61.6 Å². The van der Waals surface area contributed by atoms with E-state index in [1.54, 1.807) is 52.4 Å². The van der Waals surface area contributed by atoms with Gasteiger partial charge in [-0.2, -0.15) is 0 Å². The molecule has 0 saturated carbocycles. The maximum atomic E-state index is 13.0. The number of benzene rings is 1. The Balaban J connectivity index is 1.40. The number of nitrogens with one attached hydrogen (secondary N) is 2. The summed E-state index contributed by atoms with van der Waals surface area (Å²) in [4.78, 5) is 45.4. The maximum absolute atomic E-state index is 13.0. The lowest BCUT2D eigenvalue weighted by Crippen LogP contribution is -2.45. The van der Waals surface area contributed by atoms with E-state index < -0.39 is 6.04 Å². The Morgan fingerprint density at radius 2 is 1.81 bits per heavy atom. The molecule has 1 aromatic heterocycles. The highest BCUT2D eigenvalue weighted by Gasteiger charge is 2.38. The normalized spacial score (nSPS) is 20.9. The molecule has 2 fully saturated rings. The first-order valence-electron chi connectivity index (χ1n) is 10.8. The smallest absolute Gasteiger partial charge is 0.322 e. The molecule has 0 aliphatic carbocycles. The number of urea groups is 1. The van der Waals surface area contributed by atoms with Gasteiger partial charge in [-0.3, -0.25) is 14.5 Å². The van der Waals surface area contributed by atoms with Crippen LogP contribution in [0.15, 0.2) is 42.6 Å². The number of aromatic nitrogens is 1. The van der Waals surface area contributed by atoms with Crippen LogP contribution in [-0.4, -0.2) is 46.9 Å². The largest absolute Gasteiger partial charge is 0.323 e. The molecule has 0 unspecified atom stereocenters. The van der Waals surface area contributed by atoms with E-state index in [0.717, 1.165) is 12.8 Å². The van der Waals surface area contributed by atoms with E-state index in [-0.39, 0.29) is 23.8 Å². The van der Waals surface area contributed by atoms with Crippen molar-refractivity contribution in [1.29, 1.82) is 0 Å². The standard InChI is InChI=1S/C23H26ClN5O3/c1-15-12-19(29(14-15)23(32)27-17-7-5-16(24)6-8-17)22(31)26-18-9-10-20(25-13-18)28-11-3-2-4-21(28)30/h5-10,13,15,19H,2-4,11-12,14H2,1H3,(H,26,31)(H,27,32)/t15-,19-/m1/s1. The van der Waals surface area contributed by atoms with Crippen molar-refractivity contribution in [2.45, 2.75) is 38.6 Å². The molecule has 4 rings (SSSR count). The van der Waals surface area contributed by atoms with Crippen LogP contribution in [0.3, 0.4) is 0 Å². The summed E-state index contributed by atoms with van der Waals surface area (Å²) in [5.74, 6) is 0.602. The predicted octanol–water partition coefficient (Wildman–Crippen LogP) is 4.13. The molecule has 1 aromatic carbocycles. The zero-order valence-corrected chi connectivity index (χ0v) is 18.6. The lowest BCUT2D eigenvalue weighted by atomic mass is 10.1. The molecule has 3 heterocycles. The molecule has 2 aliphatic rings. The van der Waals surface area contributed by atoms with E-state index in [1.807, 2.05) is 6.92 Å². The molecule has 9 heteroatoms. The zero-order chi connectivity index (χ0) is 22.7. The summed E-state index contributed by atoms with van der Waals surface area (Å²) in [7, 11) is 0. The van der Waals surface area contributed by atoms with Crippen LogP contribution in [0.25, 0.3) is 0 Å². The summed E-state index contributed by atoms with van der Waals surface area (Å²) in [6, 6.07) is 9.39. The lowest BCUT2D eigenvalue weighted by molar-refractivity contribution is -0.120. The van der Waals surface area contributed by atoms with Crippen LogP contribution < -0.4 is 15.5 Å². The number of carbonyl (C=O) groups excluding carboxylic acids is 3. The number of amides is 4. The van der Waals surface area contributed by atoms with Crippen molar-refractivity contribution >= 4 is 46.6 Å². The molecule has 0 bridgehead atoms. The second-order valence-electron chi connectivity index (χ2n) is 8.34. The summed E-state index contributed by atoms with van der Waals surface area (Å²) < 4.78 is 0. The van der Waals surface area contributed by atoms with Gasteiger partial charge in [-0.15, -0.1) is 0 Å². The Morgan fingerprint density at radius 3 is 2.50 bits per heavy atom. The highest BCUT2D eigenvalue weighted by atomic mass is 35.5. The zero-order valence-electron chi connectivity index (χ0n) is 17.9. The molecule has 2 N–H and O–H groups in total. The van der Waals surface area contributed by atoms with Gasteiger partial charge in [0.15, 0.2) is 0 Å². The third kappa shape index (κ3) is 5.02. The van der Waals surface area contributed by atoms with Gasteiger partial charge in [0.2, 0.25) is 11.8 Å². The van der Waals surface area contributed by atoms with E-state index in [4.69, 9.17) is 11.6 Å². The topological polar surface area (TPSA) is 94.6 Å². The highest BCUT2D eigenvalue weighted by molar-refractivity contribution is 6.30. The van der Waals surface area contributed by atoms with Gasteiger partial charge in [0.1, 0.15) is 11.9 Å². The Labute approximate surface area is 191 Å². The minimum atomic E-state index is -0.583. The van der Waals surface area contributed by atoms with Crippen molar-refractivity contribution in [1.82, 2.24) is 9.88 Å². The van der Waals surface area contributed by atoms with Gasteiger partial charge in [0.05, 0.1) is 11.9 Å². The van der Waals surface area contributed by atoms with Crippen LogP contribution in [0, 0.1) is 5.92 Å². The molecule has 8 nitrogen and oxygen atoms in total. The fourth-order valence-electron chi connectivity index (χ4n) is 4.14. The van der Waals surface area contributed by atoms with Gasteiger partial charge in [-0.1, -0.05) is 18.5 Å². The second-order valence-corrected chi connectivity index (χ2v) is 8.78. The van der Waals surface area contributed by atoms with Crippen molar-refractivity contribution in [3.8, 4) is 0 Å². The molecule has 0 radical (unpaired) electrons. The van der Waals surface area contributed by atoms with Crippen molar-refractivity contribution in [3.05, 3.63) is 47.6 Å². The van der Waals surface area contributed by atoms with Crippen LogP contribution in [0.1, 0.15) is 32.6 Å². The number of rotatable bonds is 4. The Kier molecular flexibility index (Phi) is 6.60. The summed E-state index contributed by atoms with van der Waals surface area (Å²) in [6.45, 7) is 3.17. The van der Waals surface area contributed by atoms with E-state index in [0.29, 0.717) is 48.1 Å². The predicted molar refractivity (Wildman–Crippen MR) is 124 cm³/mol. The molecular formula is C23H26ClN5O3. The number of nitrogens with zero attached hydrogens (tertiary/aromatic N) is 3. The van der Waals surface area contributed by atoms with Crippen LogP contribution >= 0.6 is 11.6 Å². The summed E-state index contributed by atoms with van der Waals surface area (Å²) in [5, 5.41) is 6.27. The molecule has 2 aromatic rings. The number of carbonyl (C=O) groups is 3. The molecular weight excluding hydrogens is 430 g/mol. The Bertz CT molecular complexity index is 996. The van der Waals surface area contributed by atoms with Gasteiger partial charge in [0.25, 0.3) is 0 Å². The maximum Gasteiger partial charge on any atom is 0.322 e. The number of hydrogen-bond donors (Lipinski definition) is 2. The van der Waals surface area contributed by atoms with E-state index in [9.17, 15) is 14.4 Å². The molecule has 2 saturated heterocycles. The Morgan fingerprint density at radius 1 is 1.06 bits per heavy atom. The first-order valence-corrected chi connectivity index (χ1v) is 11.2. The number of halogens is 1. The fourth-order valence-corrected chi connectivity index (χ4v) is 4.27. The third-order valence-corrected chi connectivity index (χ3v) is 6.04. The van der Waals surface area contributed by atoms with E-state index in [2.05, 4.69) is 15.6 Å². The highest BCUT2D eigenvalue weighted by Crippen LogP contribution is 2.26. The van der Waals surface area contributed by atoms with Crippen LogP contribution in [0.5, 0.6) is 0 Å². The monoisotopic (exact) mass is 455 g/mol. The first-order chi connectivity index (χ1) is 15.4. The number of anilines is 3. The van der Waals surface area contributed by atoms with Gasteiger partial charge in [0, 0.05) is 30.2 Å².